The van der Waals surface area contributed by atoms with Crippen LogP contribution in [-0.2, 0) is 11.2 Å². The normalized spacial score (nSPS) is 23.7. The van der Waals surface area contributed by atoms with Gasteiger partial charge in [0.2, 0.25) is 5.91 Å². The van der Waals surface area contributed by atoms with Gasteiger partial charge in [-0.15, -0.1) is 0 Å². The maximum atomic E-state index is 13.4. The number of nitrogens with one attached hydrogen (secondary N) is 1. The average molecular weight is 490 g/mol. The molecule has 3 unspecified atom stereocenters. The fourth-order valence-corrected chi connectivity index (χ4v) is 6.32. The van der Waals surface area contributed by atoms with Crippen LogP contribution >= 0.6 is 0 Å². The summed E-state index contributed by atoms with van der Waals surface area (Å²) in [5, 5.41) is 8.73. The summed E-state index contributed by atoms with van der Waals surface area (Å²) in [6, 6.07) is 9.06. The lowest BCUT2D eigenvalue weighted by molar-refractivity contribution is -0.119. The Bertz CT molecular complexity index is 1320. The Hall–Kier alpha value is -3.06. The van der Waals surface area contributed by atoms with Gasteiger partial charge in [0.05, 0.1) is 11.4 Å². The first-order valence-corrected chi connectivity index (χ1v) is 13.3. The summed E-state index contributed by atoms with van der Waals surface area (Å²) >= 11 is 0. The minimum Gasteiger partial charge on any atom is -0.356 e. The van der Waals surface area contributed by atoms with Crippen molar-refractivity contribution in [1.82, 2.24) is 10.5 Å². The lowest BCUT2D eigenvalue weighted by atomic mass is 9.83. The molecule has 4 heterocycles. The number of fused-ring (bicyclic) bond motifs is 1. The number of carbonyl (C=O) groups is 2. The maximum Gasteiger partial charge on any atom is 0.227 e. The van der Waals surface area contributed by atoms with E-state index >= 15 is 0 Å². The van der Waals surface area contributed by atoms with Gasteiger partial charge < -0.3 is 14.7 Å². The summed E-state index contributed by atoms with van der Waals surface area (Å²) in [6.07, 6.45) is 6.77. The Labute approximate surface area is 210 Å². The summed E-state index contributed by atoms with van der Waals surface area (Å²) in [5.74, 6) is 0.500. The van der Waals surface area contributed by atoms with E-state index < -0.39 is 0 Å². The Morgan fingerprint density at radius 1 is 1.25 bits per heavy atom. The summed E-state index contributed by atoms with van der Waals surface area (Å²) in [7, 11) is 0. The fourth-order valence-electron chi connectivity index (χ4n) is 6.32. The highest BCUT2D eigenvalue weighted by atomic mass is 19.1. The van der Waals surface area contributed by atoms with Gasteiger partial charge in [-0.2, -0.15) is 0 Å². The molecule has 0 aliphatic carbocycles. The molecule has 1 fully saturated rings. The largest absolute Gasteiger partial charge is 0.356 e. The quantitative estimate of drug-likeness (QED) is 0.454. The summed E-state index contributed by atoms with van der Waals surface area (Å²) in [6.45, 7) is 3.69. The highest BCUT2D eigenvalue weighted by molar-refractivity contribution is 6.01. The van der Waals surface area contributed by atoms with Crippen molar-refractivity contribution >= 4 is 28.3 Å². The van der Waals surface area contributed by atoms with Crippen molar-refractivity contribution in [2.75, 3.05) is 18.0 Å². The van der Waals surface area contributed by atoms with Crippen molar-refractivity contribution in [3.05, 3.63) is 58.5 Å². The van der Waals surface area contributed by atoms with Crippen molar-refractivity contribution in [3.8, 4) is 0 Å². The van der Waals surface area contributed by atoms with E-state index in [9.17, 15) is 14.0 Å². The third kappa shape index (κ3) is 4.23. The Morgan fingerprint density at radius 3 is 2.97 bits per heavy atom. The van der Waals surface area contributed by atoms with Crippen LogP contribution < -0.4 is 10.2 Å². The first kappa shape index (κ1) is 23.3. The zero-order chi connectivity index (χ0) is 24.8. The minimum absolute atomic E-state index is 0.161. The van der Waals surface area contributed by atoms with Crippen molar-refractivity contribution in [2.24, 2.45) is 0 Å². The Balaban J connectivity index is 1.05. The molecule has 36 heavy (non-hydrogen) atoms. The van der Waals surface area contributed by atoms with E-state index in [2.05, 4.69) is 17.4 Å². The van der Waals surface area contributed by atoms with Crippen LogP contribution in [0.2, 0.25) is 0 Å². The summed E-state index contributed by atoms with van der Waals surface area (Å²) < 4.78 is 18.8. The molecule has 3 aromatic rings. The van der Waals surface area contributed by atoms with Gasteiger partial charge in [0, 0.05) is 54.9 Å². The molecule has 6 nitrogen and oxygen atoms in total. The van der Waals surface area contributed by atoms with Gasteiger partial charge in [-0.05, 0) is 79.8 Å². The topological polar surface area (TPSA) is 75.4 Å². The van der Waals surface area contributed by atoms with Crippen LogP contribution in [0.4, 0.5) is 10.1 Å². The van der Waals surface area contributed by atoms with Crippen LogP contribution in [0.3, 0.4) is 0 Å². The number of Topliss-reactive ketones (excluding diaryl/α,β-unsaturated/α-hetero) is 1. The molecule has 1 aromatic heterocycles. The molecule has 2 aromatic carbocycles. The average Bonchev–Trinajstić information content (AvgIpc) is 3.30. The Kier molecular flexibility index (Phi) is 6.12. The van der Waals surface area contributed by atoms with E-state index in [1.165, 1.54) is 17.7 Å². The molecule has 1 N–H and O–H groups in total. The molecular formula is C29H32FN3O3. The van der Waals surface area contributed by atoms with E-state index in [1.807, 2.05) is 17.0 Å². The Morgan fingerprint density at radius 2 is 2.14 bits per heavy atom. The summed E-state index contributed by atoms with van der Waals surface area (Å²) in [4.78, 5) is 27.5. The molecule has 1 saturated heterocycles. The summed E-state index contributed by atoms with van der Waals surface area (Å²) in [5.41, 5.74) is 5.60. The number of ketones is 1. The van der Waals surface area contributed by atoms with E-state index in [0.29, 0.717) is 24.5 Å². The SMILES string of the molecule is CC1CC(=O)N2CCCc3cc(C(=O)CCCC4CCC(c5noc6cc(F)ccc56)CN4)cc1c32. The third-order valence-corrected chi connectivity index (χ3v) is 8.27. The number of aryl methyl sites for hydroxylation is 1. The second-order valence-electron chi connectivity index (χ2n) is 10.7. The lowest BCUT2D eigenvalue weighted by Gasteiger charge is -2.38. The minimum atomic E-state index is -0.317. The number of halogens is 1. The van der Waals surface area contributed by atoms with Crippen LogP contribution in [0.25, 0.3) is 11.0 Å². The van der Waals surface area contributed by atoms with Crippen molar-refractivity contribution in [2.45, 2.75) is 76.2 Å². The number of nitrogens with zero attached hydrogens (tertiary/aromatic N) is 2. The number of rotatable bonds is 6. The van der Waals surface area contributed by atoms with Crippen molar-refractivity contribution in [1.29, 1.82) is 0 Å². The van der Waals surface area contributed by atoms with Crippen LogP contribution in [0, 0.1) is 5.82 Å². The number of amides is 1. The molecule has 0 bridgehead atoms. The van der Waals surface area contributed by atoms with Crippen LogP contribution in [-0.4, -0.2) is 36.0 Å². The maximum absolute atomic E-state index is 13.4. The van der Waals surface area contributed by atoms with Crippen molar-refractivity contribution < 1.29 is 18.5 Å². The number of hydrogen-bond donors (Lipinski definition) is 1. The lowest BCUT2D eigenvalue weighted by Crippen LogP contribution is -2.40. The second kappa shape index (κ2) is 9.43. The number of carbonyl (C=O) groups excluding carboxylic acids is 2. The smallest absolute Gasteiger partial charge is 0.227 e. The zero-order valence-corrected chi connectivity index (χ0v) is 20.7. The molecule has 1 amide bonds. The predicted octanol–water partition coefficient (Wildman–Crippen LogP) is 5.64. The third-order valence-electron chi connectivity index (χ3n) is 8.27. The molecule has 3 aliphatic rings. The number of hydrogen-bond acceptors (Lipinski definition) is 5. The highest BCUT2D eigenvalue weighted by Gasteiger charge is 2.34. The molecule has 188 valence electrons. The molecule has 3 atom stereocenters. The van der Waals surface area contributed by atoms with E-state index in [1.54, 1.807) is 6.07 Å². The molecule has 0 radical (unpaired) electrons. The molecular weight excluding hydrogens is 457 g/mol. The number of benzene rings is 2. The van der Waals surface area contributed by atoms with Gasteiger partial charge in [0.1, 0.15) is 5.82 Å². The molecule has 0 spiro atoms. The van der Waals surface area contributed by atoms with Gasteiger partial charge in [0.25, 0.3) is 0 Å². The number of piperidine rings is 1. The van der Waals surface area contributed by atoms with Crippen LogP contribution in [0.5, 0.6) is 0 Å². The van der Waals surface area contributed by atoms with Gasteiger partial charge in [-0.3, -0.25) is 9.59 Å². The molecule has 0 saturated carbocycles. The molecule has 6 rings (SSSR count). The van der Waals surface area contributed by atoms with Gasteiger partial charge in [-0.25, -0.2) is 4.39 Å². The molecule has 7 heteroatoms. The van der Waals surface area contributed by atoms with Gasteiger partial charge in [-0.1, -0.05) is 12.1 Å². The van der Waals surface area contributed by atoms with Crippen LogP contribution in [0.15, 0.2) is 34.9 Å². The van der Waals surface area contributed by atoms with Crippen LogP contribution in [0.1, 0.15) is 90.9 Å². The van der Waals surface area contributed by atoms with E-state index in [0.717, 1.165) is 79.5 Å². The monoisotopic (exact) mass is 489 g/mol. The number of aromatic nitrogens is 1. The molecule has 3 aliphatic heterocycles. The van der Waals surface area contributed by atoms with E-state index in [4.69, 9.17) is 4.52 Å². The van der Waals surface area contributed by atoms with Gasteiger partial charge >= 0.3 is 0 Å². The van der Waals surface area contributed by atoms with E-state index in [-0.39, 0.29) is 29.3 Å². The highest BCUT2D eigenvalue weighted by Crippen LogP contribution is 2.42. The van der Waals surface area contributed by atoms with Gasteiger partial charge in [0.15, 0.2) is 11.4 Å². The fraction of sp³-hybridized carbons (Fsp3) is 0.483. The second-order valence-corrected chi connectivity index (χ2v) is 10.7. The predicted molar refractivity (Wildman–Crippen MR) is 136 cm³/mol. The van der Waals surface area contributed by atoms with Crippen molar-refractivity contribution in [3.63, 3.8) is 0 Å². The first-order valence-electron chi connectivity index (χ1n) is 13.3. The number of anilines is 1. The zero-order valence-electron chi connectivity index (χ0n) is 20.7. The standard InChI is InChI=1S/C29H32FN3O3/c1-17-12-27(35)33-11-3-4-18-13-20(14-24(17)29(18)33)25(34)6-2-5-22-9-7-19(16-31-22)28-23-10-8-21(30)15-26(23)36-32-28/h8,10,13-15,17,19,22,31H,2-7,9,11-12,16H2,1H3. The first-order chi connectivity index (χ1) is 17.5.